The quantitative estimate of drug-likeness (QED) is 0.666. The van der Waals surface area contributed by atoms with Crippen LogP contribution in [-0.2, 0) is 11.8 Å². The summed E-state index contributed by atoms with van der Waals surface area (Å²) in [5.41, 5.74) is 0. The molecule has 0 unspecified atom stereocenters. The third-order valence-corrected chi connectivity index (χ3v) is 1.44. The molecule has 0 saturated carbocycles. The van der Waals surface area contributed by atoms with Crippen molar-refractivity contribution in [3.8, 4) is 0 Å². The number of rotatable bonds is 2. The van der Waals surface area contributed by atoms with Gasteiger partial charge in [-0.15, -0.1) is 16.7 Å². The zero-order valence-corrected chi connectivity index (χ0v) is 8.08. The van der Waals surface area contributed by atoms with Crippen molar-refractivity contribution in [2.45, 2.75) is 0 Å². The third kappa shape index (κ3) is 3.02. The minimum absolute atomic E-state index is 0.118. The summed E-state index contributed by atoms with van der Waals surface area (Å²) < 4.78 is 1.42. The van der Waals surface area contributed by atoms with Crippen molar-refractivity contribution in [2.24, 2.45) is 7.05 Å². The molecule has 76 valence electrons. The molecule has 0 aliphatic heterocycles. The van der Waals surface area contributed by atoms with E-state index < -0.39 is 11.9 Å². The average molecular weight is 218 g/mol. The van der Waals surface area contributed by atoms with Crippen LogP contribution in [0.25, 0.3) is 0 Å². The molecule has 1 rings (SSSR count). The first-order valence-electron chi connectivity index (χ1n) is 3.64. The molecule has 0 radical (unpaired) electrons. The molecule has 1 heterocycles. The summed E-state index contributed by atoms with van der Waals surface area (Å²) >= 11 is 5.18. The Morgan fingerprint density at radius 2 is 2.36 bits per heavy atom. The minimum atomic E-state index is -0.707. The molecular formula is C6H8ClN5O2. The van der Waals surface area contributed by atoms with Crippen LogP contribution in [0.1, 0.15) is 0 Å². The fraction of sp³-hybridized carbons (Fsp3) is 0.333. The smallest absolute Gasteiger partial charge is 0.277 e. The van der Waals surface area contributed by atoms with Crippen LogP contribution < -0.4 is 10.6 Å². The predicted molar refractivity (Wildman–Crippen MR) is 48.9 cm³/mol. The normalized spacial score (nSPS) is 9.57. The van der Waals surface area contributed by atoms with Gasteiger partial charge in [0, 0.05) is 7.05 Å². The third-order valence-electron chi connectivity index (χ3n) is 1.20. The summed E-state index contributed by atoms with van der Waals surface area (Å²) in [6, 6.07) is -0.707. The molecule has 1 aromatic rings. The van der Waals surface area contributed by atoms with E-state index in [1.54, 1.807) is 7.05 Å². The maximum Gasteiger partial charge on any atom is 0.328 e. The van der Waals surface area contributed by atoms with Gasteiger partial charge in [0.1, 0.15) is 12.2 Å². The van der Waals surface area contributed by atoms with Gasteiger partial charge in [0.25, 0.3) is 0 Å². The molecule has 3 amide bonds. The Bertz CT molecular complexity index is 350. The van der Waals surface area contributed by atoms with Crippen LogP contribution >= 0.6 is 11.6 Å². The standard InChI is InChI=1S/C6H8ClN5O2/c1-12-3-8-5(11-12)10-6(14)9-4(13)2-7/h3H,2H2,1H3,(H2,9,10,11,13,14). The molecule has 0 atom stereocenters. The lowest BCUT2D eigenvalue weighted by atomic mass is 10.7. The van der Waals surface area contributed by atoms with Crippen molar-refractivity contribution in [2.75, 3.05) is 11.2 Å². The molecule has 0 aliphatic rings. The van der Waals surface area contributed by atoms with E-state index in [2.05, 4.69) is 15.4 Å². The number of halogens is 1. The number of nitrogens with zero attached hydrogens (tertiary/aromatic N) is 3. The molecule has 14 heavy (non-hydrogen) atoms. The summed E-state index contributed by atoms with van der Waals surface area (Å²) in [6.07, 6.45) is 1.42. The second-order valence-electron chi connectivity index (χ2n) is 2.38. The van der Waals surface area contributed by atoms with E-state index in [1.807, 2.05) is 5.32 Å². The van der Waals surface area contributed by atoms with E-state index in [-0.39, 0.29) is 11.8 Å². The molecule has 0 saturated heterocycles. The van der Waals surface area contributed by atoms with E-state index in [4.69, 9.17) is 11.6 Å². The van der Waals surface area contributed by atoms with Gasteiger partial charge in [0.15, 0.2) is 0 Å². The van der Waals surface area contributed by atoms with E-state index >= 15 is 0 Å². The van der Waals surface area contributed by atoms with Crippen molar-refractivity contribution in [3.05, 3.63) is 6.33 Å². The van der Waals surface area contributed by atoms with Crippen molar-refractivity contribution in [1.82, 2.24) is 20.1 Å². The van der Waals surface area contributed by atoms with Gasteiger partial charge in [-0.05, 0) is 0 Å². The predicted octanol–water partition coefficient (Wildman–Crippen LogP) is -0.298. The molecule has 8 heteroatoms. The highest BCUT2D eigenvalue weighted by Crippen LogP contribution is 1.93. The van der Waals surface area contributed by atoms with Crippen LogP contribution in [0.15, 0.2) is 6.33 Å². The van der Waals surface area contributed by atoms with Gasteiger partial charge in [0.2, 0.25) is 11.9 Å². The van der Waals surface area contributed by atoms with Crippen LogP contribution in [0.4, 0.5) is 10.7 Å². The molecule has 0 aliphatic carbocycles. The molecular weight excluding hydrogens is 210 g/mol. The Morgan fingerprint density at radius 1 is 1.64 bits per heavy atom. The highest BCUT2D eigenvalue weighted by Gasteiger charge is 2.08. The van der Waals surface area contributed by atoms with Crippen LogP contribution in [0.2, 0.25) is 0 Å². The summed E-state index contributed by atoms with van der Waals surface area (Å²) in [4.78, 5) is 25.4. The van der Waals surface area contributed by atoms with Gasteiger partial charge < -0.3 is 0 Å². The van der Waals surface area contributed by atoms with Gasteiger partial charge in [-0.1, -0.05) is 0 Å². The lowest BCUT2D eigenvalue weighted by Crippen LogP contribution is -2.35. The van der Waals surface area contributed by atoms with Crippen LogP contribution in [0, 0.1) is 0 Å². The number of alkyl halides is 1. The molecule has 7 nitrogen and oxygen atoms in total. The number of hydrogen-bond donors (Lipinski definition) is 2. The number of hydrogen-bond acceptors (Lipinski definition) is 4. The van der Waals surface area contributed by atoms with Crippen LogP contribution in [0.5, 0.6) is 0 Å². The van der Waals surface area contributed by atoms with E-state index in [9.17, 15) is 9.59 Å². The lowest BCUT2D eigenvalue weighted by molar-refractivity contribution is -0.117. The van der Waals surface area contributed by atoms with Gasteiger partial charge in [0.05, 0.1) is 0 Å². The second-order valence-corrected chi connectivity index (χ2v) is 2.65. The summed E-state index contributed by atoms with van der Waals surface area (Å²) in [6.45, 7) is 0. The number of carbonyl (C=O) groups is 2. The SMILES string of the molecule is Cn1cnc(NC(=O)NC(=O)CCl)n1. The van der Waals surface area contributed by atoms with Crippen LogP contribution in [-0.4, -0.2) is 32.6 Å². The van der Waals surface area contributed by atoms with Crippen molar-refractivity contribution in [1.29, 1.82) is 0 Å². The zero-order chi connectivity index (χ0) is 10.6. The molecule has 0 spiro atoms. The van der Waals surface area contributed by atoms with Gasteiger partial charge in [-0.3, -0.25) is 20.1 Å². The van der Waals surface area contributed by atoms with Crippen LogP contribution in [0.3, 0.4) is 0 Å². The number of nitrogens with one attached hydrogen (secondary N) is 2. The van der Waals surface area contributed by atoms with Crippen molar-refractivity contribution < 1.29 is 9.59 Å². The molecule has 0 aromatic carbocycles. The Labute approximate surface area is 84.4 Å². The monoisotopic (exact) mass is 217 g/mol. The Morgan fingerprint density at radius 3 is 2.86 bits per heavy atom. The molecule has 0 bridgehead atoms. The van der Waals surface area contributed by atoms with Crippen molar-refractivity contribution in [3.63, 3.8) is 0 Å². The fourth-order valence-electron chi connectivity index (χ4n) is 0.689. The highest BCUT2D eigenvalue weighted by atomic mass is 35.5. The fourth-order valence-corrected chi connectivity index (χ4v) is 0.756. The number of aromatic nitrogens is 3. The van der Waals surface area contributed by atoms with Gasteiger partial charge in [-0.25, -0.2) is 9.78 Å². The summed E-state index contributed by atoms with van der Waals surface area (Å²) in [5.74, 6) is -0.740. The first kappa shape index (κ1) is 10.5. The Hall–Kier alpha value is -1.63. The van der Waals surface area contributed by atoms with E-state index in [1.165, 1.54) is 11.0 Å². The summed E-state index contributed by atoms with van der Waals surface area (Å²) in [5, 5.41) is 8.01. The topological polar surface area (TPSA) is 88.9 Å². The summed E-state index contributed by atoms with van der Waals surface area (Å²) in [7, 11) is 1.65. The number of amides is 3. The largest absolute Gasteiger partial charge is 0.328 e. The number of anilines is 1. The number of imide groups is 1. The average Bonchev–Trinajstić information content (AvgIpc) is 2.50. The van der Waals surface area contributed by atoms with Gasteiger partial charge >= 0.3 is 6.03 Å². The molecule has 1 aromatic heterocycles. The number of carbonyl (C=O) groups excluding carboxylic acids is 2. The van der Waals surface area contributed by atoms with E-state index in [0.717, 1.165) is 0 Å². The Balaban J connectivity index is 2.45. The maximum atomic E-state index is 11.0. The lowest BCUT2D eigenvalue weighted by Gasteiger charge is -2.00. The second kappa shape index (κ2) is 4.56. The highest BCUT2D eigenvalue weighted by molar-refractivity contribution is 6.28. The minimum Gasteiger partial charge on any atom is -0.277 e. The molecule has 2 N–H and O–H groups in total. The number of aryl methyl sites for hydroxylation is 1. The van der Waals surface area contributed by atoms with E-state index in [0.29, 0.717) is 0 Å². The first-order valence-corrected chi connectivity index (χ1v) is 4.17. The van der Waals surface area contributed by atoms with Gasteiger partial charge in [-0.2, -0.15) is 0 Å². The molecule has 0 fully saturated rings. The zero-order valence-electron chi connectivity index (χ0n) is 7.32. The van der Waals surface area contributed by atoms with Crippen molar-refractivity contribution >= 4 is 29.5 Å². The number of urea groups is 1. The first-order chi connectivity index (χ1) is 6.61. The Kier molecular flexibility index (Phi) is 3.41. The maximum absolute atomic E-state index is 11.0.